The van der Waals surface area contributed by atoms with Crippen LogP contribution in [0.5, 0.6) is 0 Å². The van der Waals surface area contributed by atoms with E-state index in [1.807, 2.05) is 36.6 Å². The number of carbonyl (C=O) groups is 2. The number of hydrogen-bond acceptors (Lipinski definition) is 4. The molecule has 3 aromatic rings. The van der Waals surface area contributed by atoms with E-state index in [-0.39, 0.29) is 24.2 Å². The number of nitrogens with zero attached hydrogens (tertiary/aromatic N) is 2. The Morgan fingerprint density at radius 2 is 1.77 bits per heavy atom. The van der Waals surface area contributed by atoms with Crippen LogP contribution in [0.3, 0.4) is 0 Å². The molecule has 0 saturated carbocycles. The average Bonchev–Trinajstić information content (AvgIpc) is 3.30. The van der Waals surface area contributed by atoms with Gasteiger partial charge in [0.15, 0.2) is 5.13 Å². The summed E-state index contributed by atoms with van der Waals surface area (Å²) in [7, 11) is 0. The summed E-state index contributed by atoms with van der Waals surface area (Å²) < 4.78 is 0. The Balaban J connectivity index is 1.41. The van der Waals surface area contributed by atoms with Gasteiger partial charge in [-0.05, 0) is 44.4 Å². The predicted octanol–water partition coefficient (Wildman–Crippen LogP) is 5.03. The van der Waals surface area contributed by atoms with E-state index in [4.69, 9.17) is 0 Å². The lowest BCUT2D eigenvalue weighted by Gasteiger charge is -2.16. The molecule has 1 saturated heterocycles. The molecule has 0 bridgehead atoms. The molecular weight excluding hydrogens is 406 g/mol. The van der Waals surface area contributed by atoms with E-state index in [2.05, 4.69) is 43.2 Å². The van der Waals surface area contributed by atoms with Crippen LogP contribution in [0.1, 0.15) is 34.2 Å². The molecule has 5 nitrogen and oxygen atoms in total. The van der Waals surface area contributed by atoms with E-state index in [1.165, 1.54) is 33.6 Å². The summed E-state index contributed by atoms with van der Waals surface area (Å²) >= 11 is 1.42. The Kier molecular flexibility index (Phi) is 5.92. The van der Waals surface area contributed by atoms with Crippen molar-refractivity contribution in [1.82, 2.24) is 9.88 Å². The summed E-state index contributed by atoms with van der Waals surface area (Å²) in [4.78, 5) is 31.7. The van der Waals surface area contributed by atoms with Gasteiger partial charge in [0, 0.05) is 30.5 Å². The van der Waals surface area contributed by atoms with Gasteiger partial charge in [-0.3, -0.25) is 9.59 Å². The fraction of sp³-hybridized carbons (Fsp3) is 0.320. The molecule has 0 aliphatic carbocycles. The fourth-order valence-electron chi connectivity index (χ4n) is 4.25. The molecule has 0 spiro atoms. The maximum Gasteiger partial charge on any atom is 0.231 e. The highest BCUT2D eigenvalue weighted by Gasteiger charge is 2.34. The zero-order valence-electron chi connectivity index (χ0n) is 18.4. The van der Waals surface area contributed by atoms with Crippen LogP contribution >= 0.6 is 11.3 Å². The number of nitrogens with one attached hydrogen (secondary N) is 1. The number of aryl methyl sites for hydroxylation is 4. The monoisotopic (exact) mass is 433 g/mol. The van der Waals surface area contributed by atoms with Crippen LogP contribution in [-0.2, 0) is 16.1 Å². The van der Waals surface area contributed by atoms with Crippen LogP contribution in [-0.4, -0.2) is 28.2 Å². The Labute approximate surface area is 187 Å². The molecule has 1 unspecified atom stereocenters. The molecule has 4 rings (SSSR count). The minimum atomic E-state index is -0.354. The molecule has 0 radical (unpaired) electrons. The summed E-state index contributed by atoms with van der Waals surface area (Å²) in [6, 6.07) is 12.4. The first-order valence-corrected chi connectivity index (χ1v) is 11.4. The van der Waals surface area contributed by atoms with Crippen LogP contribution in [0.25, 0.3) is 11.3 Å². The van der Waals surface area contributed by atoms with E-state index < -0.39 is 0 Å². The second-order valence-electron chi connectivity index (χ2n) is 8.46. The minimum absolute atomic E-state index is 0.0199. The molecule has 1 aromatic heterocycles. The van der Waals surface area contributed by atoms with Gasteiger partial charge in [-0.1, -0.05) is 47.5 Å². The van der Waals surface area contributed by atoms with Crippen LogP contribution in [0, 0.1) is 33.6 Å². The van der Waals surface area contributed by atoms with Gasteiger partial charge in [-0.2, -0.15) is 0 Å². The van der Waals surface area contributed by atoms with Crippen LogP contribution in [0.2, 0.25) is 0 Å². The second-order valence-corrected chi connectivity index (χ2v) is 9.32. The van der Waals surface area contributed by atoms with Crippen molar-refractivity contribution in [3.63, 3.8) is 0 Å². The molecule has 160 valence electrons. The van der Waals surface area contributed by atoms with Gasteiger partial charge in [0.25, 0.3) is 0 Å². The highest BCUT2D eigenvalue weighted by atomic mass is 32.1. The SMILES string of the molecule is Cc1ccc(CN2CC(C(=O)Nc3nc(-c4c(C)cc(C)cc4C)cs3)CC2=O)cc1. The Hall–Kier alpha value is -2.99. The Morgan fingerprint density at radius 1 is 1.10 bits per heavy atom. The summed E-state index contributed by atoms with van der Waals surface area (Å²) in [5.41, 5.74) is 7.83. The number of rotatable bonds is 5. The van der Waals surface area contributed by atoms with Crippen molar-refractivity contribution < 1.29 is 9.59 Å². The molecule has 2 amide bonds. The third-order valence-corrected chi connectivity index (χ3v) is 6.50. The van der Waals surface area contributed by atoms with Gasteiger partial charge in [0.05, 0.1) is 11.6 Å². The highest BCUT2D eigenvalue weighted by molar-refractivity contribution is 7.14. The maximum absolute atomic E-state index is 12.8. The number of aromatic nitrogens is 1. The zero-order valence-corrected chi connectivity index (χ0v) is 19.2. The third-order valence-electron chi connectivity index (χ3n) is 5.75. The summed E-state index contributed by atoms with van der Waals surface area (Å²) in [6.45, 7) is 9.26. The molecule has 1 atom stereocenters. The van der Waals surface area contributed by atoms with Gasteiger partial charge in [-0.25, -0.2) is 4.98 Å². The summed E-state index contributed by atoms with van der Waals surface area (Å²) in [6.07, 6.45) is 0.242. The van der Waals surface area contributed by atoms with E-state index >= 15 is 0 Å². The number of carbonyl (C=O) groups excluding carboxylic acids is 2. The summed E-state index contributed by atoms with van der Waals surface area (Å²) in [5.74, 6) is -0.474. The molecule has 2 aromatic carbocycles. The number of benzene rings is 2. The number of hydrogen-bond donors (Lipinski definition) is 1. The molecule has 1 fully saturated rings. The van der Waals surface area contributed by atoms with Crippen LogP contribution in [0.15, 0.2) is 41.8 Å². The Morgan fingerprint density at radius 3 is 2.45 bits per heavy atom. The van der Waals surface area contributed by atoms with Gasteiger partial charge >= 0.3 is 0 Å². The smallest absolute Gasteiger partial charge is 0.231 e. The summed E-state index contributed by atoms with van der Waals surface area (Å²) in [5, 5.41) is 5.48. The first-order chi connectivity index (χ1) is 14.8. The van der Waals surface area contributed by atoms with Crippen molar-refractivity contribution in [2.45, 2.75) is 40.7 Å². The lowest BCUT2D eigenvalue weighted by atomic mass is 9.98. The maximum atomic E-state index is 12.8. The normalized spacial score (nSPS) is 16.1. The van der Waals surface area contributed by atoms with Gasteiger partial charge < -0.3 is 10.2 Å². The zero-order chi connectivity index (χ0) is 22.1. The van der Waals surface area contributed by atoms with Crippen molar-refractivity contribution >= 4 is 28.3 Å². The number of anilines is 1. The lowest BCUT2D eigenvalue weighted by Crippen LogP contribution is -2.28. The topological polar surface area (TPSA) is 62.3 Å². The Bertz CT molecular complexity index is 1110. The third kappa shape index (κ3) is 4.69. The van der Waals surface area contributed by atoms with Gasteiger partial charge in [0.2, 0.25) is 11.8 Å². The minimum Gasteiger partial charge on any atom is -0.338 e. The first-order valence-electron chi connectivity index (χ1n) is 10.5. The highest BCUT2D eigenvalue weighted by Crippen LogP contribution is 2.31. The molecule has 1 N–H and O–H groups in total. The molecular formula is C25H27N3O2S. The quantitative estimate of drug-likeness (QED) is 0.614. The molecule has 2 heterocycles. The van der Waals surface area contributed by atoms with E-state index in [0.717, 1.165) is 16.8 Å². The second kappa shape index (κ2) is 8.63. The fourth-order valence-corrected chi connectivity index (χ4v) is 4.96. The molecule has 1 aliphatic rings. The van der Waals surface area contributed by atoms with Crippen LogP contribution < -0.4 is 5.32 Å². The lowest BCUT2D eigenvalue weighted by molar-refractivity contribution is -0.128. The van der Waals surface area contributed by atoms with Crippen molar-refractivity contribution in [3.05, 3.63) is 69.6 Å². The molecule has 6 heteroatoms. The number of amides is 2. The van der Waals surface area contributed by atoms with Crippen molar-refractivity contribution in [3.8, 4) is 11.3 Å². The average molecular weight is 434 g/mol. The van der Waals surface area contributed by atoms with E-state index in [9.17, 15) is 9.59 Å². The standard InChI is InChI=1S/C25H27N3O2S/c1-15-5-7-19(8-6-15)12-28-13-20(11-22(28)29)24(30)27-25-26-21(14-31-25)23-17(3)9-16(2)10-18(23)4/h5-10,14,20H,11-13H2,1-4H3,(H,26,27,30). The van der Waals surface area contributed by atoms with Gasteiger partial charge in [-0.15, -0.1) is 11.3 Å². The van der Waals surface area contributed by atoms with Crippen LogP contribution in [0.4, 0.5) is 5.13 Å². The predicted molar refractivity (Wildman–Crippen MR) is 125 cm³/mol. The molecule has 1 aliphatic heterocycles. The van der Waals surface area contributed by atoms with Crippen molar-refractivity contribution in [2.24, 2.45) is 5.92 Å². The van der Waals surface area contributed by atoms with Crippen molar-refractivity contribution in [1.29, 1.82) is 0 Å². The number of thiazole rings is 1. The first kappa shape index (κ1) is 21.2. The molecule has 31 heavy (non-hydrogen) atoms. The van der Waals surface area contributed by atoms with Crippen molar-refractivity contribution in [2.75, 3.05) is 11.9 Å². The largest absolute Gasteiger partial charge is 0.338 e. The van der Waals surface area contributed by atoms with E-state index in [1.54, 1.807) is 4.90 Å². The number of likely N-dealkylation sites (tertiary alicyclic amines) is 1. The van der Waals surface area contributed by atoms with Gasteiger partial charge in [0.1, 0.15) is 0 Å². The van der Waals surface area contributed by atoms with E-state index in [0.29, 0.717) is 18.2 Å².